The van der Waals surface area contributed by atoms with Crippen LogP contribution < -0.4 is 16.0 Å². The van der Waals surface area contributed by atoms with E-state index in [2.05, 4.69) is 28.1 Å². The smallest absolute Gasteiger partial charge is 0.321 e. The third kappa shape index (κ3) is 5.61. The number of halogens is 1. The Hall–Kier alpha value is -2.57. The summed E-state index contributed by atoms with van der Waals surface area (Å²) in [6.45, 7) is 4.35. The van der Waals surface area contributed by atoms with Crippen molar-refractivity contribution in [3.63, 3.8) is 0 Å². The van der Waals surface area contributed by atoms with Gasteiger partial charge in [-0.1, -0.05) is 35.9 Å². The van der Waals surface area contributed by atoms with Crippen LogP contribution >= 0.6 is 11.6 Å². The Morgan fingerprint density at radius 2 is 1.81 bits per heavy atom. The normalized spacial score (nSPS) is 19.1. The quantitative estimate of drug-likeness (QED) is 0.585. The van der Waals surface area contributed by atoms with E-state index in [1.54, 1.807) is 6.07 Å². The molecule has 32 heavy (non-hydrogen) atoms. The van der Waals surface area contributed by atoms with Crippen molar-refractivity contribution in [1.82, 2.24) is 10.2 Å². The van der Waals surface area contributed by atoms with E-state index in [-0.39, 0.29) is 11.9 Å². The van der Waals surface area contributed by atoms with Gasteiger partial charge in [-0.2, -0.15) is 0 Å². The van der Waals surface area contributed by atoms with Gasteiger partial charge in [0.1, 0.15) is 0 Å². The first kappa shape index (κ1) is 22.6. The number of piperidine rings is 1. The average Bonchev–Trinajstić information content (AvgIpc) is 3.30. The van der Waals surface area contributed by atoms with E-state index in [9.17, 15) is 9.59 Å². The second-order valence-corrected chi connectivity index (χ2v) is 9.20. The molecule has 2 saturated heterocycles. The van der Waals surface area contributed by atoms with Crippen LogP contribution in [0.1, 0.15) is 49.1 Å². The molecule has 3 amide bonds. The summed E-state index contributed by atoms with van der Waals surface area (Å²) in [5, 5.41) is 9.88. The van der Waals surface area contributed by atoms with E-state index in [1.165, 1.54) is 5.56 Å². The first-order valence-electron chi connectivity index (χ1n) is 11.4. The number of para-hydroxylation sites is 1. The van der Waals surface area contributed by atoms with Gasteiger partial charge in [0.25, 0.3) is 0 Å². The number of benzene rings is 2. The molecule has 1 atom stereocenters. The van der Waals surface area contributed by atoms with Gasteiger partial charge in [-0.25, -0.2) is 4.79 Å². The number of nitrogens with zero attached hydrogens (tertiary/aromatic N) is 1. The summed E-state index contributed by atoms with van der Waals surface area (Å²) in [5.74, 6) is 0.471. The van der Waals surface area contributed by atoms with Gasteiger partial charge in [-0.05, 0) is 74.4 Å². The van der Waals surface area contributed by atoms with E-state index in [0.717, 1.165) is 43.5 Å². The molecular formula is C25H31ClN4O2. The van der Waals surface area contributed by atoms with E-state index < -0.39 is 0 Å². The van der Waals surface area contributed by atoms with Gasteiger partial charge in [0.05, 0.1) is 10.7 Å². The van der Waals surface area contributed by atoms with Gasteiger partial charge < -0.3 is 20.9 Å². The number of rotatable bonds is 5. The maximum atomic E-state index is 12.7. The Kier molecular flexibility index (Phi) is 7.33. The van der Waals surface area contributed by atoms with Crippen molar-refractivity contribution in [1.29, 1.82) is 0 Å². The molecule has 2 aromatic carbocycles. The Morgan fingerprint density at radius 3 is 2.47 bits per heavy atom. The zero-order valence-electron chi connectivity index (χ0n) is 18.5. The van der Waals surface area contributed by atoms with Crippen LogP contribution in [-0.2, 0) is 4.79 Å². The third-order valence-corrected chi connectivity index (χ3v) is 6.81. The molecule has 2 fully saturated rings. The highest BCUT2D eigenvalue weighted by Crippen LogP contribution is 2.30. The lowest BCUT2D eigenvalue weighted by Crippen LogP contribution is -2.40. The van der Waals surface area contributed by atoms with Crippen molar-refractivity contribution in [2.45, 2.75) is 51.0 Å². The Balaban J connectivity index is 1.26. The van der Waals surface area contributed by atoms with Crippen molar-refractivity contribution >= 4 is 34.9 Å². The molecule has 0 bridgehead atoms. The number of amides is 3. The molecule has 0 spiro atoms. The van der Waals surface area contributed by atoms with Crippen LogP contribution in [0.25, 0.3) is 0 Å². The van der Waals surface area contributed by atoms with E-state index in [4.69, 9.17) is 11.6 Å². The summed E-state index contributed by atoms with van der Waals surface area (Å²) in [6, 6.07) is 14.0. The number of carbonyl (C=O) groups excluding carboxylic acids is 2. The standard InChI is InChI=1S/C25H31ClN4O2/c1-17-4-2-6-22(26)24(17)29-25(32)30-14-11-19(12-15-30)18-7-9-20(10-8-18)28-23(31)16-21-5-3-13-27-21/h2,4,6-10,19,21,27H,3,5,11-16H2,1H3,(H,28,31)(H,29,32). The van der Waals surface area contributed by atoms with Gasteiger partial charge in [0.2, 0.25) is 5.91 Å². The van der Waals surface area contributed by atoms with Crippen LogP contribution in [-0.4, -0.2) is 42.5 Å². The molecule has 0 saturated carbocycles. The van der Waals surface area contributed by atoms with E-state index in [1.807, 2.05) is 36.1 Å². The topological polar surface area (TPSA) is 73.5 Å². The first-order chi connectivity index (χ1) is 15.5. The van der Waals surface area contributed by atoms with E-state index >= 15 is 0 Å². The molecule has 0 aromatic heterocycles. The zero-order chi connectivity index (χ0) is 22.5. The summed E-state index contributed by atoms with van der Waals surface area (Å²) >= 11 is 6.24. The fourth-order valence-corrected chi connectivity index (χ4v) is 4.87. The molecule has 4 rings (SSSR count). The number of likely N-dealkylation sites (tertiary alicyclic amines) is 1. The Morgan fingerprint density at radius 1 is 1.06 bits per heavy atom. The van der Waals surface area contributed by atoms with Gasteiger partial charge >= 0.3 is 6.03 Å². The fourth-order valence-electron chi connectivity index (χ4n) is 4.60. The van der Waals surface area contributed by atoms with Crippen LogP contribution in [0.2, 0.25) is 5.02 Å². The second kappa shape index (κ2) is 10.4. The van der Waals surface area contributed by atoms with E-state index in [0.29, 0.717) is 42.2 Å². The Labute approximate surface area is 194 Å². The van der Waals surface area contributed by atoms with Crippen molar-refractivity contribution in [2.75, 3.05) is 30.3 Å². The summed E-state index contributed by atoms with van der Waals surface area (Å²) < 4.78 is 0. The molecule has 3 N–H and O–H groups in total. The number of hydrogen-bond donors (Lipinski definition) is 3. The number of carbonyl (C=O) groups is 2. The lowest BCUT2D eigenvalue weighted by atomic mass is 9.89. The average molecular weight is 455 g/mol. The number of aryl methyl sites for hydroxylation is 1. The molecule has 2 aliphatic heterocycles. The Bertz CT molecular complexity index is 929. The van der Waals surface area contributed by atoms with Crippen molar-refractivity contribution in [3.05, 3.63) is 58.6 Å². The lowest BCUT2D eigenvalue weighted by Gasteiger charge is -2.32. The molecule has 2 aromatic rings. The molecule has 0 radical (unpaired) electrons. The van der Waals surface area contributed by atoms with Gasteiger partial charge in [0, 0.05) is 31.2 Å². The maximum absolute atomic E-state index is 12.7. The largest absolute Gasteiger partial charge is 0.326 e. The number of hydrogen-bond acceptors (Lipinski definition) is 3. The minimum absolute atomic E-state index is 0.0604. The minimum atomic E-state index is -0.102. The fraction of sp³-hybridized carbons (Fsp3) is 0.440. The predicted molar refractivity (Wildman–Crippen MR) is 129 cm³/mol. The molecule has 2 aliphatic rings. The molecule has 2 heterocycles. The minimum Gasteiger partial charge on any atom is -0.326 e. The van der Waals surface area contributed by atoms with Gasteiger partial charge in [-0.3, -0.25) is 4.79 Å². The van der Waals surface area contributed by atoms with Crippen LogP contribution in [0.15, 0.2) is 42.5 Å². The number of nitrogens with one attached hydrogen (secondary N) is 3. The van der Waals surface area contributed by atoms with Crippen molar-refractivity contribution in [3.8, 4) is 0 Å². The third-order valence-electron chi connectivity index (χ3n) is 6.50. The molecular weight excluding hydrogens is 424 g/mol. The summed E-state index contributed by atoms with van der Waals surface area (Å²) in [5.41, 5.74) is 3.72. The second-order valence-electron chi connectivity index (χ2n) is 8.79. The van der Waals surface area contributed by atoms with Crippen LogP contribution in [0, 0.1) is 6.92 Å². The summed E-state index contributed by atoms with van der Waals surface area (Å²) in [7, 11) is 0. The SMILES string of the molecule is Cc1cccc(Cl)c1NC(=O)N1CCC(c2ccc(NC(=O)CC3CCCN3)cc2)CC1. The molecule has 0 aliphatic carbocycles. The van der Waals surface area contributed by atoms with Crippen molar-refractivity contribution < 1.29 is 9.59 Å². The maximum Gasteiger partial charge on any atom is 0.321 e. The highest BCUT2D eigenvalue weighted by atomic mass is 35.5. The number of anilines is 2. The molecule has 7 heteroatoms. The summed E-state index contributed by atoms with van der Waals surface area (Å²) in [4.78, 5) is 26.8. The first-order valence-corrected chi connectivity index (χ1v) is 11.8. The van der Waals surface area contributed by atoms with Crippen LogP contribution in [0.4, 0.5) is 16.2 Å². The van der Waals surface area contributed by atoms with Gasteiger partial charge in [0.15, 0.2) is 0 Å². The highest BCUT2D eigenvalue weighted by molar-refractivity contribution is 6.33. The van der Waals surface area contributed by atoms with Crippen LogP contribution in [0.3, 0.4) is 0 Å². The van der Waals surface area contributed by atoms with Crippen LogP contribution in [0.5, 0.6) is 0 Å². The molecule has 6 nitrogen and oxygen atoms in total. The number of urea groups is 1. The summed E-state index contributed by atoms with van der Waals surface area (Å²) in [6.07, 6.45) is 4.56. The zero-order valence-corrected chi connectivity index (χ0v) is 19.3. The highest BCUT2D eigenvalue weighted by Gasteiger charge is 2.24. The lowest BCUT2D eigenvalue weighted by molar-refractivity contribution is -0.116. The predicted octanol–water partition coefficient (Wildman–Crippen LogP) is 5.14. The monoisotopic (exact) mass is 454 g/mol. The van der Waals surface area contributed by atoms with Gasteiger partial charge in [-0.15, -0.1) is 0 Å². The molecule has 1 unspecified atom stereocenters. The van der Waals surface area contributed by atoms with Crippen molar-refractivity contribution in [2.24, 2.45) is 0 Å². The molecule has 170 valence electrons.